The first kappa shape index (κ1) is 13.9. The number of aromatic nitrogens is 1. The lowest BCUT2D eigenvalue weighted by atomic mass is 10.1. The third-order valence-electron chi connectivity index (χ3n) is 2.23. The second-order valence-electron chi connectivity index (χ2n) is 3.69. The van der Waals surface area contributed by atoms with Crippen LogP contribution in [0.3, 0.4) is 0 Å². The fraction of sp³-hybridized carbons (Fsp3) is 0.455. The van der Waals surface area contributed by atoms with Gasteiger partial charge < -0.3 is 15.5 Å². The Balaban J connectivity index is 2.48. The highest BCUT2D eigenvalue weighted by Crippen LogP contribution is 2.18. The normalized spacial score (nSPS) is 14.1. The molecule has 1 heterocycles. The zero-order chi connectivity index (χ0) is 12.8. The molecule has 0 saturated heterocycles. The molecule has 0 saturated carbocycles. The van der Waals surface area contributed by atoms with Gasteiger partial charge in [-0.3, -0.25) is 9.78 Å². The summed E-state index contributed by atoms with van der Waals surface area (Å²) in [4.78, 5) is 14.5. The summed E-state index contributed by atoms with van der Waals surface area (Å²) in [6.07, 6.45) is -0.400. The minimum absolute atomic E-state index is 0.170. The standard InChI is InChI=1S/C11H15ClN2O3/c1-7(15)13-5-4-10(16)11(17)9-3-2-8(12)6-14-9/h2-3,6,10-11,16-17H,4-5H2,1H3,(H,13,15). The summed E-state index contributed by atoms with van der Waals surface area (Å²) < 4.78 is 0. The van der Waals surface area contributed by atoms with E-state index in [0.717, 1.165) is 0 Å². The first-order valence-corrected chi connectivity index (χ1v) is 5.60. The summed E-state index contributed by atoms with van der Waals surface area (Å²) in [5.74, 6) is -0.170. The molecule has 2 unspecified atom stereocenters. The number of aliphatic hydroxyl groups is 2. The van der Waals surface area contributed by atoms with Crippen molar-refractivity contribution in [3.63, 3.8) is 0 Å². The van der Waals surface area contributed by atoms with Gasteiger partial charge in [-0.1, -0.05) is 11.6 Å². The Bertz CT molecular complexity index is 369. The molecule has 1 amide bonds. The van der Waals surface area contributed by atoms with Gasteiger partial charge in [0, 0.05) is 19.7 Å². The summed E-state index contributed by atoms with van der Waals surface area (Å²) in [6.45, 7) is 1.70. The van der Waals surface area contributed by atoms with Gasteiger partial charge in [-0.05, 0) is 18.6 Å². The Kier molecular flexibility index (Phi) is 5.34. The van der Waals surface area contributed by atoms with Crippen molar-refractivity contribution in [1.82, 2.24) is 10.3 Å². The van der Waals surface area contributed by atoms with Crippen molar-refractivity contribution in [1.29, 1.82) is 0 Å². The maximum atomic E-state index is 10.6. The van der Waals surface area contributed by atoms with Crippen LogP contribution in [0.2, 0.25) is 5.02 Å². The zero-order valence-corrected chi connectivity index (χ0v) is 10.2. The second-order valence-corrected chi connectivity index (χ2v) is 4.12. The molecule has 1 aromatic rings. The molecule has 5 nitrogen and oxygen atoms in total. The first-order valence-electron chi connectivity index (χ1n) is 5.22. The summed E-state index contributed by atoms with van der Waals surface area (Å²) in [5.41, 5.74) is 0.352. The number of amides is 1. The average Bonchev–Trinajstić information content (AvgIpc) is 2.28. The smallest absolute Gasteiger partial charge is 0.216 e. The van der Waals surface area contributed by atoms with Crippen molar-refractivity contribution in [2.45, 2.75) is 25.6 Å². The van der Waals surface area contributed by atoms with Gasteiger partial charge in [0.15, 0.2) is 0 Å². The van der Waals surface area contributed by atoms with Gasteiger partial charge in [0.1, 0.15) is 6.10 Å². The minimum Gasteiger partial charge on any atom is -0.390 e. The lowest BCUT2D eigenvalue weighted by Crippen LogP contribution is -2.27. The van der Waals surface area contributed by atoms with E-state index in [1.165, 1.54) is 13.1 Å². The van der Waals surface area contributed by atoms with Crippen molar-refractivity contribution < 1.29 is 15.0 Å². The number of nitrogens with zero attached hydrogens (tertiary/aromatic N) is 1. The molecule has 0 aromatic carbocycles. The molecule has 6 heteroatoms. The zero-order valence-electron chi connectivity index (χ0n) is 9.43. The Morgan fingerprint density at radius 1 is 1.53 bits per heavy atom. The summed E-state index contributed by atoms with van der Waals surface area (Å²) in [7, 11) is 0. The van der Waals surface area contributed by atoms with Crippen molar-refractivity contribution in [2.24, 2.45) is 0 Å². The maximum absolute atomic E-state index is 10.6. The predicted molar refractivity (Wildman–Crippen MR) is 63.5 cm³/mol. The third-order valence-corrected chi connectivity index (χ3v) is 2.46. The molecule has 3 N–H and O–H groups in total. The molecule has 0 radical (unpaired) electrons. The number of hydrogen-bond donors (Lipinski definition) is 3. The molecule has 0 aliphatic rings. The van der Waals surface area contributed by atoms with Crippen molar-refractivity contribution in [2.75, 3.05) is 6.54 Å². The number of aliphatic hydroxyl groups excluding tert-OH is 2. The molecule has 1 rings (SSSR count). The van der Waals surface area contributed by atoms with Gasteiger partial charge >= 0.3 is 0 Å². The molecular formula is C11H15ClN2O3. The highest BCUT2D eigenvalue weighted by atomic mass is 35.5. The molecule has 0 aliphatic heterocycles. The van der Waals surface area contributed by atoms with Crippen molar-refractivity contribution in [3.8, 4) is 0 Å². The van der Waals surface area contributed by atoms with E-state index in [2.05, 4.69) is 10.3 Å². The molecule has 0 fully saturated rings. The van der Waals surface area contributed by atoms with Crippen LogP contribution in [0.15, 0.2) is 18.3 Å². The van der Waals surface area contributed by atoms with E-state index < -0.39 is 12.2 Å². The highest BCUT2D eigenvalue weighted by Gasteiger charge is 2.19. The van der Waals surface area contributed by atoms with Gasteiger partial charge in [0.2, 0.25) is 5.91 Å². The van der Waals surface area contributed by atoms with Crippen LogP contribution < -0.4 is 5.32 Å². The summed E-state index contributed by atoms with van der Waals surface area (Å²) >= 11 is 5.66. The monoisotopic (exact) mass is 258 g/mol. The van der Waals surface area contributed by atoms with Gasteiger partial charge in [-0.25, -0.2) is 0 Å². The number of pyridine rings is 1. The van der Waals surface area contributed by atoms with Crippen LogP contribution in [0.25, 0.3) is 0 Å². The second kappa shape index (κ2) is 6.54. The van der Waals surface area contributed by atoms with Crippen LogP contribution in [-0.4, -0.2) is 33.8 Å². The van der Waals surface area contributed by atoms with Crippen LogP contribution in [0.4, 0.5) is 0 Å². The van der Waals surface area contributed by atoms with Crippen LogP contribution in [-0.2, 0) is 4.79 Å². The minimum atomic E-state index is -1.08. The largest absolute Gasteiger partial charge is 0.390 e. The van der Waals surface area contributed by atoms with E-state index in [0.29, 0.717) is 17.3 Å². The number of rotatable bonds is 5. The number of halogens is 1. The van der Waals surface area contributed by atoms with Crippen molar-refractivity contribution >= 4 is 17.5 Å². The van der Waals surface area contributed by atoms with E-state index in [-0.39, 0.29) is 12.3 Å². The third kappa shape index (κ3) is 4.68. The van der Waals surface area contributed by atoms with E-state index in [1.807, 2.05) is 0 Å². The van der Waals surface area contributed by atoms with Gasteiger partial charge in [-0.15, -0.1) is 0 Å². The van der Waals surface area contributed by atoms with E-state index in [4.69, 9.17) is 11.6 Å². The first-order chi connectivity index (χ1) is 8.00. The van der Waals surface area contributed by atoms with E-state index in [9.17, 15) is 15.0 Å². The summed E-state index contributed by atoms with van der Waals surface area (Å²) in [5, 5.41) is 22.5. The predicted octanol–water partition coefficient (Wildman–Crippen LogP) is 0.655. The van der Waals surface area contributed by atoms with Gasteiger partial charge in [0.25, 0.3) is 0 Å². The number of carbonyl (C=O) groups is 1. The average molecular weight is 259 g/mol. The Hall–Kier alpha value is -1.17. The van der Waals surface area contributed by atoms with Crippen LogP contribution >= 0.6 is 11.6 Å². The van der Waals surface area contributed by atoms with Gasteiger partial charge in [0.05, 0.1) is 16.8 Å². The van der Waals surface area contributed by atoms with Crippen LogP contribution in [0, 0.1) is 0 Å². The van der Waals surface area contributed by atoms with Crippen molar-refractivity contribution in [3.05, 3.63) is 29.0 Å². The van der Waals surface area contributed by atoms with Crippen LogP contribution in [0.1, 0.15) is 25.1 Å². The fourth-order valence-electron chi connectivity index (χ4n) is 1.31. The SMILES string of the molecule is CC(=O)NCCC(O)C(O)c1ccc(Cl)cn1. The molecule has 94 valence electrons. The molecule has 17 heavy (non-hydrogen) atoms. The molecule has 2 atom stereocenters. The summed E-state index contributed by atoms with van der Waals surface area (Å²) in [6, 6.07) is 3.14. The van der Waals surface area contributed by atoms with Gasteiger partial charge in [-0.2, -0.15) is 0 Å². The Morgan fingerprint density at radius 2 is 2.24 bits per heavy atom. The molecule has 0 aliphatic carbocycles. The lowest BCUT2D eigenvalue weighted by Gasteiger charge is -2.17. The maximum Gasteiger partial charge on any atom is 0.216 e. The Morgan fingerprint density at radius 3 is 2.76 bits per heavy atom. The topological polar surface area (TPSA) is 82.5 Å². The van der Waals surface area contributed by atoms with Crippen LogP contribution in [0.5, 0.6) is 0 Å². The molecule has 0 spiro atoms. The number of hydrogen-bond acceptors (Lipinski definition) is 4. The quantitative estimate of drug-likeness (QED) is 0.724. The number of carbonyl (C=O) groups excluding carboxylic acids is 1. The Labute approximate surface area is 104 Å². The lowest BCUT2D eigenvalue weighted by molar-refractivity contribution is -0.119. The van der Waals surface area contributed by atoms with E-state index in [1.54, 1.807) is 12.1 Å². The number of nitrogens with one attached hydrogen (secondary N) is 1. The highest BCUT2D eigenvalue weighted by molar-refractivity contribution is 6.30. The fourth-order valence-corrected chi connectivity index (χ4v) is 1.43. The molecule has 1 aromatic heterocycles. The molecular weight excluding hydrogens is 244 g/mol. The molecule has 0 bridgehead atoms. The van der Waals surface area contributed by atoms with E-state index >= 15 is 0 Å².